The molecule has 440 valence electrons. The number of hydrogen-bond acceptors (Lipinski definition) is 12. The molecule has 83 heavy (non-hydrogen) atoms. The van der Waals surface area contributed by atoms with Crippen LogP contribution in [0, 0.1) is 76.9 Å². The Hall–Kier alpha value is -5.36. The Labute approximate surface area is 485 Å². The van der Waals surface area contributed by atoms with Gasteiger partial charge in [0.2, 0.25) is 0 Å². The van der Waals surface area contributed by atoms with Gasteiger partial charge in [-0.2, -0.15) is 23.7 Å². The van der Waals surface area contributed by atoms with Crippen LogP contribution in [-0.4, -0.2) is 82.9 Å². The lowest BCUT2D eigenvalue weighted by Crippen LogP contribution is -2.75. The number of ether oxygens (including phenoxy) is 8. The monoisotopic (exact) mass is 1160 g/mol. The normalized spacial score (nSPS) is 37.5. The number of methoxy groups -OCH3 is 2. The van der Waals surface area contributed by atoms with Crippen LogP contribution in [0.1, 0.15) is 151 Å². The summed E-state index contributed by atoms with van der Waals surface area (Å²) in [5.41, 5.74) is 4.48. The van der Waals surface area contributed by atoms with Gasteiger partial charge >= 0.3 is 6.18 Å². The van der Waals surface area contributed by atoms with Crippen molar-refractivity contribution in [2.24, 2.45) is 40.4 Å². The van der Waals surface area contributed by atoms with E-state index in [1.54, 1.807) is 46.3 Å². The summed E-state index contributed by atoms with van der Waals surface area (Å²) in [5, 5.41) is 19.1. The predicted molar refractivity (Wildman–Crippen MR) is 301 cm³/mol. The molecule has 16 unspecified atom stereocenters. The average Bonchev–Trinajstić information content (AvgIpc) is 1.68. The van der Waals surface area contributed by atoms with E-state index in [2.05, 4.69) is 85.7 Å². The summed E-state index contributed by atoms with van der Waals surface area (Å²) in [7, 11) is -1.21. The Bertz CT molecular complexity index is 3620. The van der Waals surface area contributed by atoms with Gasteiger partial charge < -0.3 is 37.9 Å². The maximum absolute atomic E-state index is 16.6. The fraction of sp³-hybridized carbons (Fsp3) is 0.612. The van der Waals surface area contributed by atoms with E-state index in [0.29, 0.717) is 70.9 Å². The number of nitriles is 2. The Morgan fingerprint density at radius 3 is 1.36 bits per heavy atom. The van der Waals surface area contributed by atoms with Gasteiger partial charge in [0, 0.05) is 10.8 Å². The van der Waals surface area contributed by atoms with Gasteiger partial charge in [0.1, 0.15) is 46.6 Å². The molecule has 7 fully saturated rings. The van der Waals surface area contributed by atoms with Crippen LogP contribution in [0.4, 0.5) is 13.2 Å². The minimum absolute atomic E-state index is 0.0157. The van der Waals surface area contributed by atoms with Crippen LogP contribution in [0.3, 0.4) is 0 Å². The molecule has 16 heteroatoms. The number of rotatable bonds is 4. The summed E-state index contributed by atoms with van der Waals surface area (Å²) in [6, 6.07) is 20.8. The van der Waals surface area contributed by atoms with E-state index in [1.165, 1.54) is 23.3 Å². The molecule has 3 aliphatic heterocycles. The molecule has 2 saturated heterocycles. The summed E-state index contributed by atoms with van der Waals surface area (Å²) < 4.78 is 135. The van der Waals surface area contributed by atoms with Crippen molar-refractivity contribution in [3.8, 4) is 46.6 Å². The third-order valence-corrected chi connectivity index (χ3v) is 25.3. The molecule has 10 aliphatic rings. The minimum Gasteiger partial charge on any atom is -0.493 e. The van der Waals surface area contributed by atoms with Crippen LogP contribution in [0.15, 0.2) is 59.5 Å². The Morgan fingerprint density at radius 2 is 0.940 bits per heavy atom. The van der Waals surface area contributed by atoms with Crippen LogP contribution >= 0.6 is 0 Å². The van der Waals surface area contributed by atoms with E-state index in [1.807, 2.05) is 6.07 Å². The second kappa shape index (κ2) is 17.9. The van der Waals surface area contributed by atoms with Gasteiger partial charge in [0.05, 0.1) is 55.7 Å². The predicted octanol–water partition coefficient (Wildman–Crippen LogP) is 13.5. The number of nitrogens with zero attached hydrogens (tertiary/aromatic N) is 2. The van der Waals surface area contributed by atoms with E-state index in [-0.39, 0.29) is 67.1 Å². The van der Waals surface area contributed by atoms with Crippen LogP contribution in [0.2, 0.25) is 0 Å². The molecule has 16 atom stereocenters. The molecule has 2 spiro atoms. The molecule has 12 nitrogen and oxygen atoms in total. The smallest absolute Gasteiger partial charge is 0.396 e. The van der Waals surface area contributed by atoms with Gasteiger partial charge in [-0.3, -0.25) is 0 Å². The van der Waals surface area contributed by atoms with Gasteiger partial charge in [0.25, 0.3) is 0 Å². The highest BCUT2D eigenvalue weighted by molar-refractivity contribution is 7.92. The molecule has 0 aromatic heterocycles. The number of hydrogen-bond donors (Lipinski definition) is 0. The van der Waals surface area contributed by atoms with Crippen molar-refractivity contribution in [2.75, 3.05) is 14.2 Å². The first kappa shape index (κ1) is 55.5. The molecule has 0 N–H and O–H groups in total. The molecule has 3 heterocycles. The molecular formula is C67H75F3N2O10S. The molecule has 0 bridgehead atoms. The lowest BCUT2D eigenvalue weighted by Gasteiger charge is -2.60. The van der Waals surface area contributed by atoms with Gasteiger partial charge in [-0.25, -0.2) is 8.42 Å². The van der Waals surface area contributed by atoms with Gasteiger partial charge in [0.15, 0.2) is 44.3 Å². The van der Waals surface area contributed by atoms with Gasteiger partial charge in [-0.15, -0.1) is 0 Å². The maximum Gasteiger partial charge on any atom is 0.396 e. The van der Waals surface area contributed by atoms with Crippen LogP contribution in [-0.2, 0) is 50.4 Å². The van der Waals surface area contributed by atoms with Crippen molar-refractivity contribution >= 4 is 9.84 Å². The third-order valence-electron chi connectivity index (χ3n) is 23.1. The zero-order valence-electron chi connectivity index (χ0n) is 49.5. The summed E-state index contributed by atoms with van der Waals surface area (Å²) in [6.45, 7) is 21.6. The first-order valence-corrected chi connectivity index (χ1v) is 31.4. The summed E-state index contributed by atoms with van der Waals surface area (Å²) in [5.74, 6) is 0.388. The molecule has 4 aromatic rings. The highest BCUT2D eigenvalue weighted by Crippen LogP contribution is 2.73. The van der Waals surface area contributed by atoms with Crippen molar-refractivity contribution in [3.63, 3.8) is 0 Å². The van der Waals surface area contributed by atoms with Crippen molar-refractivity contribution in [2.45, 2.75) is 207 Å². The number of alkyl halides is 3. The first-order chi connectivity index (χ1) is 39.0. The average molecular weight is 1160 g/mol. The second-order valence-corrected chi connectivity index (χ2v) is 31.4. The molecule has 5 saturated carbocycles. The van der Waals surface area contributed by atoms with E-state index in [0.717, 1.165) is 36.8 Å². The van der Waals surface area contributed by atoms with Crippen molar-refractivity contribution in [1.29, 1.82) is 10.5 Å². The molecule has 4 aromatic carbocycles. The number of halogens is 3. The maximum atomic E-state index is 16.6. The van der Waals surface area contributed by atoms with Crippen LogP contribution in [0.5, 0.6) is 34.5 Å². The molecule has 14 rings (SSSR count). The highest BCUT2D eigenvalue weighted by Gasteiger charge is 2.73. The highest BCUT2D eigenvalue weighted by atomic mass is 32.2. The molecule has 7 aliphatic carbocycles. The summed E-state index contributed by atoms with van der Waals surface area (Å²) in [4.78, 5) is -0.0280. The topological polar surface area (TPSA) is 156 Å². The second-order valence-electron chi connectivity index (χ2n) is 29.3. The standard InChI is InChI=1S/C67H75F3N2O10S/c1-32-33(2)36(27-72)55-54(35(32)26-71)77-47-19-38-42(23-50(47)78-55)66(30-63(38,7)8)31-64(9,10)39-20-48-52(25-44(39)66)82-59-56(79-48)53(67(68,69)70)57-58(60(59)83(73,74)34-16-14-13-15-17-34)81-49-21-40-43(24-51(49)80-57)65(29-62(40,5)6)28-61(3,4)37-18-45(75-11)46(76-12)22-41(37)65/h13-19,22-23,39-40,43-44,48-49,51-53,56-60H,20-21,24-25,28-31H2,1-12H3. The summed E-state index contributed by atoms with van der Waals surface area (Å²) >= 11 is 0. The van der Waals surface area contributed by atoms with Crippen LogP contribution < -0.4 is 18.9 Å². The first-order valence-electron chi connectivity index (χ1n) is 29.8. The van der Waals surface area contributed by atoms with Gasteiger partial charge in [-0.1, -0.05) is 73.6 Å². The number of sulfone groups is 1. The van der Waals surface area contributed by atoms with E-state index in [9.17, 15) is 10.5 Å². The quantitative estimate of drug-likeness (QED) is 0.168. The minimum atomic E-state index is -4.89. The fourth-order valence-electron chi connectivity index (χ4n) is 20.1. The molecular weight excluding hydrogens is 1080 g/mol. The van der Waals surface area contributed by atoms with Crippen molar-refractivity contribution in [3.05, 3.63) is 99.1 Å². The third kappa shape index (κ3) is 7.62. The van der Waals surface area contributed by atoms with E-state index in [4.69, 9.17) is 37.9 Å². The molecule has 0 radical (unpaired) electrons. The van der Waals surface area contributed by atoms with Crippen molar-refractivity contribution < 1.29 is 59.5 Å². The molecule has 0 amide bonds. The Kier molecular flexibility index (Phi) is 12.0. The largest absolute Gasteiger partial charge is 0.493 e. The fourth-order valence-corrected chi connectivity index (χ4v) is 22.1. The number of fused-ring (bicyclic) bond motifs is 14. The SMILES string of the molecule is COc1cc2c(cc1OC)C1(CC2(C)C)CC(C)(C)C2CC3OC4C(OC3CC21)C(C(F)(F)F)C1OC2CC3C(CC2OC1C4S(=O)(=O)c1ccccc1)C1(CC(C)(C)c2cc4c(cc21)Oc1c(C#N)c(C)c(C)c(C#N)c1O4)CC3(C)C. The number of benzene rings is 4. The van der Waals surface area contributed by atoms with Crippen LogP contribution in [0.25, 0.3) is 0 Å². The Balaban J connectivity index is 0.830. The zero-order valence-corrected chi connectivity index (χ0v) is 50.3. The van der Waals surface area contributed by atoms with Crippen molar-refractivity contribution in [1.82, 2.24) is 0 Å². The van der Waals surface area contributed by atoms with E-state index < -0.39 is 81.4 Å². The van der Waals surface area contributed by atoms with Gasteiger partial charge in [-0.05, 0) is 180 Å². The lowest BCUT2D eigenvalue weighted by atomic mass is 9.63. The van der Waals surface area contributed by atoms with E-state index >= 15 is 21.6 Å². The zero-order chi connectivity index (χ0) is 58.8. The lowest BCUT2D eigenvalue weighted by molar-refractivity contribution is -0.363. The Morgan fingerprint density at radius 1 is 0.554 bits per heavy atom. The summed E-state index contributed by atoms with van der Waals surface area (Å²) in [6.07, 6.45) is -9.36.